The van der Waals surface area contributed by atoms with E-state index in [-0.39, 0.29) is 68.7 Å². The molecule has 4 aromatic heterocycles. The number of esters is 1. The number of benzene rings is 1. The number of ether oxygens (including phenoxy) is 13. The van der Waals surface area contributed by atoms with Gasteiger partial charge >= 0.3 is 12.1 Å². The van der Waals surface area contributed by atoms with Gasteiger partial charge in [-0.15, -0.1) is 0 Å². The Morgan fingerprint density at radius 1 is 0.712 bits per heavy atom. The number of carbonyl (C=O) groups is 6. The molecule has 10 rings (SSSR count). The van der Waals surface area contributed by atoms with Gasteiger partial charge in [0.05, 0.1) is 148 Å². The molecule has 0 radical (unpaired) electrons. The van der Waals surface area contributed by atoms with Crippen LogP contribution in [-0.2, 0) is 105 Å². The molecule has 33 heteroatoms. The molecule has 5 aromatic rings. The fraction of sp³-hybridized carbons (Fsp3) is 0.652. The second kappa shape index (κ2) is 50.4. The van der Waals surface area contributed by atoms with Crippen molar-refractivity contribution in [3.05, 3.63) is 113 Å². The molecule has 0 unspecified atom stereocenters. The molecule has 1 aromatic carbocycles. The molecule has 3 amide bonds. The number of Topliss-reactive ketones (excluding diaryl/α,β-unsaturated/α-hetero) is 2. The summed E-state index contributed by atoms with van der Waals surface area (Å²) in [5.74, 6) is -8.09. The predicted octanol–water partition coefficient (Wildman–Crippen LogP) is 8.47. The second-order valence-electron chi connectivity index (χ2n) is 33.8. The Labute approximate surface area is 733 Å². The number of fused-ring (bicyclic) bond motifs is 6. The Morgan fingerprint density at radius 2 is 1.39 bits per heavy atom. The number of ketones is 2. The molecule has 8 N–H and O–H groups in total. The van der Waals surface area contributed by atoms with Gasteiger partial charge in [-0.05, 0) is 142 Å². The Morgan fingerprint density at radius 3 is 2.07 bits per heavy atom. The lowest BCUT2D eigenvalue weighted by molar-refractivity contribution is -0.265. The number of carbonyl (C=O) groups excluding carboxylic acids is 6. The Kier molecular flexibility index (Phi) is 39.8. The van der Waals surface area contributed by atoms with Crippen LogP contribution in [0.1, 0.15) is 149 Å². The van der Waals surface area contributed by atoms with Gasteiger partial charge in [-0.3, -0.25) is 19.2 Å². The normalized spacial score (nSPS) is 27.8. The number of nitrogens with zero attached hydrogens (tertiary/aromatic N) is 7. The first-order valence-electron chi connectivity index (χ1n) is 44.5. The van der Waals surface area contributed by atoms with Crippen LogP contribution < -0.4 is 11.1 Å². The Bertz CT molecular complexity index is 4380. The molecule has 690 valence electrons. The number of allylic oxidation sites excluding steroid dienone is 5. The average molecular weight is 1750 g/mol. The van der Waals surface area contributed by atoms with Crippen molar-refractivity contribution in [2.75, 3.05) is 145 Å². The fourth-order valence-electron chi connectivity index (χ4n) is 17.0. The molecule has 0 spiro atoms. The number of cyclic esters (lactones) is 1. The van der Waals surface area contributed by atoms with Gasteiger partial charge < -0.3 is 108 Å². The average Bonchev–Trinajstić information content (AvgIpc) is 1.71. The molecule has 1 saturated carbocycles. The van der Waals surface area contributed by atoms with Crippen molar-refractivity contribution >= 4 is 63.3 Å². The van der Waals surface area contributed by atoms with Crippen molar-refractivity contribution in [3.63, 3.8) is 0 Å². The van der Waals surface area contributed by atoms with Crippen LogP contribution in [0, 0.1) is 35.5 Å². The minimum Gasteiger partial charge on any atom is -0.460 e. The number of methoxy groups -OCH3 is 2. The number of nitrogens with one attached hydrogen (secondary N) is 2. The third kappa shape index (κ3) is 29.1. The molecular formula is C92H134N10O23. The van der Waals surface area contributed by atoms with Crippen LogP contribution in [0.2, 0.25) is 0 Å². The van der Waals surface area contributed by atoms with Gasteiger partial charge in [0.25, 0.3) is 11.7 Å². The molecule has 3 fully saturated rings. The molecule has 33 nitrogen and oxygen atoms in total. The highest BCUT2D eigenvalue weighted by molar-refractivity contribution is 6.39. The third-order valence-electron chi connectivity index (χ3n) is 24.4. The Balaban J connectivity index is 0.549. The number of hydrogen-bond donors (Lipinski definition) is 7. The van der Waals surface area contributed by atoms with Crippen LogP contribution in [0.5, 0.6) is 0 Å². The SMILES string of the molecule is CO[C@H]1C[C@@H]2CC[C@@H](C)[C@@](O)(O2)C(=O)C(=O)N2CCCC[C@H]2C(=O)O[C@H]([C@H](C)C[C@@H]2CC[C@@H](OC(=O)NCCOCCOCCOCCOCCOCCOCCOCCOCCC(=O)N3CCc4cc(Cn5nc(-c6cnc7[nH]ccc7c6)c6c(N)ncnc65)ccc4C3)[C@H](OC)C2)C[C@@H](O)[C@H](C)/C=C(\C)[C@@H](O)[C@@H](O)C(=O)[C@H](C)C[C@H](C)/C=C/C=C/C=C/1C. The zero-order valence-electron chi connectivity index (χ0n) is 74.2. The fourth-order valence-corrected chi connectivity index (χ4v) is 17.0. The quantitative estimate of drug-likeness (QED) is 0.00855. The number of aromatic nitrogens is 6. The highest BCUT2D eigenvalue weighted by Gasteiger charge is 2.53. The molecule has 8 heterocycles. The van der Waals surface area contributed by atoms with E-state index in [2.05, 4.69) is 43.5 Å². The Hall–Kier alpha value is -8.36. The summed E-state index contributed by atoms with van der Waals surface area (Å²) in [4.78, 5) is 103. The van der Waals surface area contributed by atoms with Gasteiger partial charge in [0.2, 0.25) is 11.7 Å². The van der Waals surface area contributed by atoms with E-state index >= 15 is 0 Å². The zero-order valence-corrected chi connectivity index (χ0v) is 74.2. The summed E-state index contributed by atoms with van der Waals surface area (Å²) in [5.41, 5.74) is 13.8. The van der Waals surface area contributed by atoms with E-state index in [1.54, 1.807) is 54.2 Å². The molecule has 2 bridgehead atoms. The maximum Gasteiger partial charge on any atom is 0.407 e. The van der Waals surface area contributed by atoms with Gasteiger partial charge in [0.1, 0.15) is 53.9 Å². The van der Waals surface area contributed by atoms with E-state index in [0.29, 0.717) is 199 Å². The number of aliphatic hydroxyl groups is 4. The molecule has 4 aliphatic heterocycles. The molecule has 5 aliphatic rings. The van der Waals surface area contributed by atoms with Crippen molar-refractivity contribution < 1.29 is 111 Å². The summed E-state index contributed by atoms with van der Waals surface area (Å²) in [6, 6.07) is 9.14. The molecule has 125 heavy (non-hydrogen) atoms. The summed E-state index contributed by atoms with van der Waals surface area (Å²) < 4.78 is 77.2. The first kappa shape index (κ1) is 98.8. The maximum absolute atomic E-state index is 14.7. The van der Waals surface area contributed by atoms with Gasteiger partial charge in [0, 0.05) is 94.3 Å². The lowest BCUT2D eigenvalue weighted by atomic mass is 9.78. The number of anilines is 1. The number of amides is 3. The summed E-state index contributed by atoms with van der Waals surface area (Å²) >= 11 is 0. The van der Waals surface area contributed by atoms with Gasteiger partial charge in [0.15, 0.2) is 11.4 Å². The van der Waals surface area contributed by atoms with Crippen LogP contribution in [-0.4, -0.2) is 296 Å². The minimum atomic E-state index is -2.48. The number of pyridine rings is 1. The summed E-state index contributed by atoms with van der Waals surface area (Å²) in [6.45, 7) is 20.2. The number of H-pyrrole nitrogens is 1. The number of aromatic amines is 1. The van der Waals surface area contributed by atoms with Gasteiger partial charge in [-0.25, -0.2) is 29.2 Å². The van der Waals surface area contributed by atoms with Crippen LogP contribution in [0.3, 0.4) is 0 Å². The maximum atomic E-state index is 14.7. The van der Waals surface area contributed by atoms with Crippen molar-refractivity contribution in [2.45, 2.75) is 212 Å². The lowest BCUT2D eigenvalue weighted by Crippen LogP contribution is -2.61. The van der Waals surface area contributed by atoms with E-state index in [1.165, 1.54) is 16.8 Å². The number of rotatable bonds is 36. The van der Waals surface area contributed by atoms with E-state index in [4.69, 9.17) is 72.4 Å². The third-order valence-corrected chi connectivity index (χ3v) is 24.4. The minimum absolute atomic E-state index is 0.00737. The van der Waals surface area contributed by atoms with Crippen molar-refractivity contribution in [1.29, 1.82) is 0 Å². The van der Waals surface area contributed by atoms with Crippen molar-refractivity contribution in [1.82, 2.24) is 44.8 Å². The van der Waals surface area contributed by atoms with E-state index in [9.17, 15) is 49.2 Å². The lowest BCUT2D eigenvalue weighted by Gasteiger charge is -2.43. The molecular weight excluding hydrogens is 1610 g/mol. The number of aliphatic hydroxyl groups excluding tert-OH is 3. The van der Waals surface area contributed by atoms with Crippen LogP contribution in [0.15, 0.2) is 96.7 Å². The van der Waals surface area contributed by atoms with Gasteiger partial charge in [-0.2, -0.15) is 5.10 Å². The van der Waals surface area contributed by atoms with Crippen molar-refractivity contribution in [3.8, 4) is 11.3 Å². The smallest absolute Gasteiger partial charge is 0.407 e. The van der Waals surface area contributed by atoms with Crippen molar-refractivity contribution in [2.24, 2.45) is 35.5 Å². The van der Waals surface area contributed by atoms with Crippen LogP contribution in [0.4, 0.5) is 10.6 Å². The van der Waals surface area contributed by atoms with E-state index in [0.717, 1.165) is 39.7 Å². The van der Waals surface area contributed by atoms with Gasteiger partial charge in [-0.1, -0.05) is 89.3 Å². The van der Waals surface area contributed by atoms with E-state index < -0.39 is 114 Å². The first-order chi connectivity index (χ1) is 60.3. The summed E-state index contributed by atoms with van der Waals surface area (Å²) in [5, 5.41) is 56.0. The number of nitrogens with two attached hydrogens (primary N) is 1. The van der Waals surface area contributed by atoms with Crippen LogP contribution >= 0.6 is 0 Å². The molecule has 1 aliphatic carbocycles. The number of hydrogen-bond acceptors (Lipinski definition) is 28. The monoisotopic (exact) mass is 1750 g/mol. The topological polar surface area (TPSA) is 420 Å². The molecule has 2 saturated heterocycles. The first-order valence-corrected chi connectivity index (χ1v) is 44.5. The zero-order chi connectivity index (χ0) is 89.4. The summed E-state index contributed by atoms with van der Waals surface area (Å²) in [7, 11) is 3.12. The van der Waals surface area contributed by atoms with Crippen LogP contribution in [0.25, 0.3) is 33.3 Å². The number of alkyl carbamates (subject to hydrolysis) is 1. The highest BCUT2D eigenvalue weighted by Crippen LogP contribution is 2.40. The highest BCUT2D eigenvalue weighted by atomic mass is 16.6. The number of nitrogen functional groups attached to an aromatic ring is 1. The number of piperidine rings is 1. The predicted molar refractivity (Wildman–Crippen MR) is 464 cm³/mol. The largest absolute Gasteiger partial charge is 0.460 e. The van der Waals surface area contributed by atoms with E-state index in [1.807, 2.05) is 79.1 Å². The molecule has 16 atom stereocenters. The standard InChI is InChI=1S/C92H134N10O23/c1-59-15-11-10-12-16-60(2)76(113-8)53-72-22-18-65(7)92(112,125-72)85(108)89(109)101-29-14-13-17-73(101)90(110)123-77(54-74(103)61(3)48-64(6)83(106)84(107)82(105)63(5)47-59)62(4)49-66-20-23-75(78(51-66)114-9)124-91(111)95-28-32-116-34-36-118-38-40-120-42-44-122-46-45-121-43-41-119-39-37-117-35-33-115-31-26-79(104)100-30-25-68-50-67(19-21-70(68)57-100)56-102-88-80(86(93)97-58-98-88)81(99-102)71-52-69-24-27-94-87(69)96-55-71/h10-12,15-16,19,21,24,27,48,50,52,55,58-59,61-63,65-66,72-78,83-84,103,106-107,112H,13-14,17-18,20,22-23,25-26,28-47,49,51,53-54,56-57H2,1-9H3,(H,94,96)(H,95,111)(H2,93,97,98)/b12-10+,15-11+,60-16+,64-48+/t59-,61-,62-,63-,65-,66+,72+,73+,74-,75-,76+,77+,78-,83-,84+,92-/m1/s1. The second-order valence-corrected chi connectivity index (χ2v) is 33.8. The summed E-state index contributed by atoms with van der Waals surface area (Å²) in [6.07, 6.45) is 13.7.